The van der Waals surface area contributed by atoms with Gasteiger partial charge in [0.25, 0.3) is 0 Å². The number of carboxylic acids is 1. The van der Waals surface area contributed by atoms with Crippen LogP contribution in [0.4, 0.5) is 0 Å². The molecule has 1 unspecified atom stereocenters. The summed E-state index contributed by atoms with van der Waals surface area (Å²) in [5, 5.41) is 17.1. The second-order valence-electron chi connectivity index (χ2n) is 3.68. The van der Waals surface area contributed by atoms with Crippen molar-refractivity contribution in [3.63, 3.8) is 0 Å². The van der Waals surface area contributed by atoms with Crippen LogP contribution in [-0.4, -0.2) is 43.1 Å². The molecule has 2 heterocycles. The van der Waals surface area contributed by atoms with Gasteiger partial charge in [-0.15, -0.1) is 10.2 Å². The minimum absolute atomic E-state index is 0.0398. The van der Waals surface area contributed by atoms with E-state index in [0.717, 1.165) is 6.54 Å². The molecule has 7 heteroatoms. The predicted molar refractivity (Wildman–Crippen MR) is 63.8 cm³/mol. The largest absolute Gasteiger partial charge is 0.481 e. The fraction of sp³-hybridized carbons (Fsp3) is 0.667. The Kier molecular flexibility index (Phi) is 4.11. The van der Waals surface area contributed by atoms with Gasteiger partial charge >= 0.3 is 5.97 Å². The van der Waals surface area contributed by atoms with Crippen LogP contribution >= 0.6 is 23.5 Å². The standard InChI is InChI=1S/C9H13N3O2S2/c13-8(14)5-16-9-11-10-6-12(9)3-7-1-2-15-4-7/h6-7H,1-5H2,(H,13,14). The molecule has 1 aliphatic heterocycles. The molecule has 1 fully saturated rings. The quantitative estimate of drug-likeness (QED) is 0.802. The molecule has 0 amide bonds. The number of aliphatic carboxylic acids is 1. The Hall–Kier alpha value is -0.690. The molecule has 0 aliphatic carbocycles. The Morgan fingerprint density at radius 2 is 2.62 bits per heavy atom. The summed E-state index contributed by atoms with van der Waals surface area (Å²) in [5.74, 6) is 2.30. The van der Waals surface area contributed by atoms with Gasteiger partial charge in [0.2, 0.25) is 0 Å². The van der Waals surface area contributed by atoms with Gasteiger partial charge < -0.3 is 9.67 Å². The number of rotatable bonds is 5. The molecule has 1 N–H and O–H groups in total. The monoisotopic (exact) mass is 259 g/mol. The first-order valence-corrected chi connectivity index (χ1v) is 7.20. The van der Waals surface area contributed by atoms with Crippen molar-refractivity contribution in [3.05, 3.63) is 6.33 Å². The van der Waals surface area contributed by atoms with Gasteiger partial charge in [-0.1, -0.05) is 11.8 Å². The van der Waals surface area contributed by atoms with Crippen molar-refractivity contribution < 1.29 is 9.90 Å². The van der Waals surface area contributed by atoms with Crippen LogP contribution in [0.25, 0.3) is 0 Å². The van der Waals surface area contributed by atoms with Gasteiger partial charge in [-0.2, -0.15) is 11.8 Å². The lowest BCUT2D eigenvalue weighted by Crippen LogP contribution is -2.10. The first kappa shape index (κ1) is 11.8. The third-order valence-electron chi connectivity index (χ3n) is 2.38. The van der Waals surface area contributed by atoms with E-state index in [1.807, 2.05) is 16.3 Å². The van der Waals surface area contributed by atoms with E-state index >= 15 is 0 Å². The number of thioether (sulfide) groups is 2. The minimum Gasteiger partial charge on any atom is -0.481 e. The van der Waals surface area contributed by atoms with Gasteiger partial charge in [0, 0.05) is 6.54 Å². The second kappa shape index (κ2) is 5.58. The molecular formula is C9H13N3O2S2. The molecule has 1 aromatic heterocycles. The van der Waals surface area contributed by atoms with Crippen molar-refractivity contribution in [2.45, 2.75) is 18.1 Å². The highest BCUT2D eigenvalue weighted by Crippen LogP contribution is 2.26. The lowest BCUT2D eigenvalue weighted by atomic mass is 10.1. The summed E-state index contributed by atoms with van der Waals surface area (Å²) in [5.41, 5.74) is 0. The summed E-state index contributed by atoms with van der Waals surface area (Å²) < 4.78 is 1.96. The molecule has 88 valence electrons. The molecule has 1 atom stereocenters. The van der Waals surface area contributed by atoms with Crippen molar-refractivity contribution in [2.75, 3.05) is 17.3 Å². The van der Waals surface area contributed by atoms with Gasteiger partial charge in [0.15, 0.2) is 5.16 Å². The van der Waals surface area contributed by atoms with Crippen molar-refractivity contribution >= 4 is 29.5 Å². The molecule has 1 aliphatic rings. The average Bonchev–Trinajstić information content (AvgIpc) is 2.87. The third-order valence-corrected chi connectivity index (χ3v) is 4.58. The molecular weight excluding hydrogens is 246 g/mol. The molecule has 5 nitrogen and oxygen atoms in total. The zero-order chi connectivity index (χ0) is 11.4. The number of hydrogen-bond acceptors (Lipinski definition) is 5. The predicted octanol–water partition coefficient (Wildman–Crippen LogP) is 1.21. The third kappa shape index (κ3) is 3.15. The fourth-order valence-electron chi connectivity index (χ4n) is 1.61. The molecule has 0 radical (unpaired) electrons. The highest BCUT2D eigenvalue weighted by Gasteiger charge is 2.18. The Balaban J connectivity index is 1.92. The lowest BCUT2D eigenvalue weighted by Gasteiger charge is -2.10. The summed E-state index contributed by atoms with van der Waals surface area (Å²) in [4.78, 5) is 10.5. The molecule has 0 spiro atoms. The first-order valence-electron chi connectivity index (χ1n) is 5.06. The molecule has 0 saturated carbocycles. The number of carboxylic acid groups (broad SMARTS) is 1. The van der Waals surface area contributed by atoms with Gasteiger partial charge in [-0.3, -0.25) is 4.79 Å². The van der Waals surface area contributed by atoms with Gasteiger partial charge in [0.1, 0.15) is 6.33 Å². The highest BCUT2D eigenvalue weighted by molar-refractivity contribution is 7.99. The van der Waals surface area contributed by atoms with Crippen LogP contribution in [0, 0.1) is 5.92 Å². The topological polar surface area (TPSA) is 68.0 Å². The van der Waals surface area contributed by atoms with Crippen LogP contribution in [-0.2, 0) is 11.3 Å². The number of nitrogens with zero attached hydrogens (tertiary/aromatic N) is 3. The van der Waals surface area contributed by atoms with Gasteiger partial charge in [-0.05, 0) is 23.8 Å². The van der Waals surface area contributed by atoms with E-state index in [1.54, 1.807) is 6.33 Å². The van der Waals surface area contributed by atoms with E-state index in [4.69, 9.17) is 5.11 Å². The maximum Gasteiger partial charge on any atom is 0.313 e. The molecule has 1 saturated heterocycles. The Morgan fingerprint density at radius 3 is 3.31 bits per heavy atom. The maximum atomic E-state index is 10.5. The highest BCUT2D eigenvalue weighted by atomic mass is 32.2. The Bertz CT molecular complexity index is 363. The van der Waals surface area contributed by atoms with Crippen molar-refractivity contribution in [2.24, 2.45) is 5.92 Å². The zero-order valence-electron chi connectivity index (χ0n) is 8.70. The van der Waals surface area contributed by atoms with E-state index < -0.39 is 5.97 Å². The Labute approximate surface area is 102 Å². The van der Waals surface area contributed by atoms with E-state index in [0.29, 0.717) is 11.1 Å². The van der Waals surface area contributed by atoms with Crippen LogP contribution in [0.3, 0.4) is 0 Å². The van der Waals surface area contributed by atoms with E-state index in [1.165, 1.54) is 29.7 Å². The summed E-state index contributed by atoms with van der Waals surface area (Å²) in [7, 11) is 0. The maximum absolute atomic E-state index is 10.5. The van der Waals surface area contributed by atoms with E-state index in [2.05, 4.69) is 10.2 Å². The van der Waals surface area contributed by atoms with Gasteiger partial charge in [-0.25, -0.2) is 0 Å². The smallest absolute Gasteiger partial charge is 0.313 e. The summed E-state index contributed by atoms with van der Waals surface area (Å²) in [6, 6.07) is 0. The van der Waals surface area contributed by atoms with E-state index in [-0.39, 0.29) is 5.75 Å². The van der Waals surface area contributed by atoms with Crippen LogP contribution in [0.15, 0.2) is 11.5 Å². The van der Waals surface area contributed by atoms with Crippen LogP contribution in [0.5, 0.6) is 0 Å². The second-order valence-corrected chi connectivity index (χ2v) is 5.77. The van der Waals surface area contributed by atoms with Gasteiger partial charge in [0.05, 0.1) is 5.75 Å². The van der Waals surface area contributed by atoms with E-state index in [9.17, 15) is 4.79 Å². The summed E-state index contributed by atoms with van der Waals surface area (Å²) >= 11 is 3.20. The van der Waals surface area contributed by atoms with Crippen molar-refractivity contribution in [1.82, 2.24) is 14.8 Å². The Morgan fingerprint density at radius 1 is 1.75 bits per heavy atom. The fourth-order valence-corrected chi connectivity index (χ4v) is 3.53. The molecule has 16 heavy (non-hydrogen) atoms. The SMILES string of the molecule is O=C(O)CSc1nncn1CC1CCSC1. The average molecular weight is 259 g/mol. The van der Waals surface area contributed by atoms with Crippen LogP contribution < -0.4 is 0 Å². The molecule has 2 rings (SSSR count). The van der Waals surface area contributed by atoms with Crippen LogP contribution in [0.1, 0.15) is 6.42 Å². The molecule has 0 aromatic carbocycles. The number of carbonyl (C=O) groups is 1. The van der Waals surface area contributed by atoms with Crippen molar-refractivity contribution in [3.8, 4) is 0 Å². The zero-order valence-corrected chi connectivity index (χ0v) is 10.3. The number of hydrogen-bond donors (Lipinski definition) is 1. The summed E-state index contributed by atoms with van der Waals surface area (Å²) in [6.07, 6.45) is 2.92. The van der Waals surface area contributed by atoms with Crippen LogP contribution in [0.2, 0.25) is 0 Å². The normalized spacial score (nSPS) is 20.1. The molecule has 0 bridgehead atoms. The lowest BCUT2D eigenvalue weighted by molar-refractivity contribution is -0.133. The molecule has 1 aromatic rings. The minimum atomic E-state index is -0.823. The van der Waals surface area contributed by atoms with Crippen molar-refractivity contribution in [1.29, 1.82) is 0 Å². The first-order chi connectivity index (χ1) is 7.75. The number of aromatic nitrogens is 3. The summed E-state index contributed by atoms with van der Waals surface area (Å²) in [6.45, 7) is 0.905.